The predicted molar refractivity (Wildman–Crippen MR) is 101 cm³/mol. The van der Waals surface area contributed by atoms with Gasteiger partial charge in [0.15, 0.2) is 0 Å². The normalized spacial score (nSPS) is 10.6. The van der Waals surface area contributed by atoms with Crippen molar-refractivity contribution in [2.75, 3.05) is 19.8 Å². The van der Waals surface area contributed by atoms with Crippen LogP contribution in [0.5, 0.6) is 0 Å². The number of carbonyl (C=O) groups is 1. The summed E-state index contributed by atoms with van der Waals surface area (Å²) in [6.45, 7) is 3.96. The summed E-state index contributed by atoms with van der Waals surface area (Å²) >= 11 is 7.56. The van der Waals surface area contributed by atoms with Crippen molar-refractivity contribution in [3.05, 3.63) is 64.7 Å². The summed E-state index contributed by atoms with van der Waals surface area (Å²) in [4.78, 5) is 13.4. The second-order valence-corrected chi connectivity index (χ2v) is 6.67. The summed E-state index contributed by atoms with van der Waals surface area (Å²) in [6.07, 6.45) is 0.819. The van der Waals surface area contributed by atoms with Crippen LogP contribution >= 0.6 is 23.4 Å². The van der Waals surface area contributed by atoms with Crippen LogP contribution in [0.1, 0.15) is 29.3 Å². The van der Waals surface area contributed by atoms with Crippen LogP contribution < -0.4 is 5.32 Å². The van der Waals surface area contributed by atoms with Crippen LogP contribution in [0.2, 0.25) is 5.02 Å². The first-order valence-electron chi connectivity index (χ1n) is 8.03. The van der Waals surface area contributed by atoms with Crippen molar-refractivity contribution in [1.29, 1.82) is 0 Å². The van der Waals surface area contributed by atoms with Crippen LogP contribution in [0.25, 0.3) is 0 Å². The number of halogens is 1. The lowest BCUT2D eigenvalue weighted by atomic mass is 10.2. The van der Waals surface area contributed by atoms with Gasteiger partial charge in [-0.15, -0.1) is 11.8 Å². The first kappa shape index (κ1) is 18.8. The van der Waals surface area contributed by atoms with Crippen LogP contribution in [-0.2, 0) is 10.5 Å². The Bertz CT molecular complexity index is 646. The van der Waals surface area contributed by atoms with Gasteiger partial charge in [-0.1, -0.05) is 35.9 Å². The molecule has 0 heterocycles. The van der Waals surface area contributed by atoms with Crippen LogP contribution in [0, 0.1) is 0 Å². The largest absolute Gasteiger partial charge is 0.382 e. The number of carbonyl (C=O) groups excluding carboxylic acids is 1. The zero-order chi connectivity index (χ0) is 17.2. The van der Waals surface area contributed by atoms with E-state index < -0.39 is 0 Å². The van der Waals surface area contributed by atoms with Crippen LogP contribution in [0.15, 0.2) is 53.4 Å². The van der Waals surface area contributed by atoms with Crippen molar-refractivity contribution in [2.45, 2.75) is 24.0 Å². The van der Waals surface area contributed by atoms with Crippen molar-refractivity contribution >= 4 is 29.3 Å². The van der Waals surface area contributed by atoms with Gasteiger partial charge in [0.1, 0.15) is 0 Å². The SMILES string of the molecule is CCOCCCNC(=O)c1ccccc1SCc1ccc(Cl)cc1. The zero-order valence-corrected chi connectivity index (χ0v) is 15.3. The van der Waals surface area contributed by atoms with Crippen LogP contribution in [-0.4, -0.2) is 25.7 Å². The second-order valence-electron chi connectivity index (χ2n) is 5.22. The van der Waals surface area contributed by atoms with E-state index >= 15 is 0 Å². The van der Waals surface area contributed by atoms with E-state index in [1.165, 1.54) is 5.56 Å². The number of hydrogen-bond acceptors (Lipinski definition) is 3. The van der Waals surface area contributed by atoms with Gasteiger partial charge in [-0.25, -0.2) is 0 Å². The van der Waals surface area contributed by atoms with Crippen LogP contribution in [0.3, 0.4) is 0 Å². The average molecular weight is 364 g/mol. The number of nitrogens with one attached hydrogen (secondary N) is 1. The van der Waals surface area contributed by atoms with Gasteiger partial charge in [-0.05, 0) is 43.2 Å². The molecule has 128 valence electrons. The Hall–Kier alpha value is -1.49. The van der Waals surface area contributed by atoms with E-state index in [-0.39, 0.29) is 5.91 Å². The van der Waals surface area contributed by atoms with Gasteiger partial charge < -0.3 is 10.1 Å². The van der Waals surface area contributed by atoms with E-state index in [0.717, 1.165) is 22.1 Å². The van der Waals surface area contributed by atoms with Crippen molar-refractivity contribution in [3.8, 4) is 0 Å². The Kier molecular flexibility index (Phi) is 8.16. The van der Waals surface area contributed by atoms with E-state index in [0.29, 0.717) is 25.3 Å². The minimum atomic E-state index is -0.0364. The molecule has 0 saturated heterocycles. The van der Waals surface area contributed by atoms with Crippen molar-refractivity contribution in [1.82, 2.24) is 5.32 Å². The molecule has 0 atom stereocenters. The van der Waals surface area contributed by atoms with Gasteiger partial charge in [0.25, 0.3) is 5.91 Å². The number of thioether (sulfide) groups is 1. The molecule has 0 radical (unpaired) electrons. The first-order chi connectivity index (χ1) is 11.7. The van der Waals surface area contributed by atoms with Gasteiger partial charge in [0, 0.05) is 35.4 Å². The van der Waals surface area contributed by atoms with E-state index in [2.05, 4.69) is 5.32 Å². The van der Waals surface area contributed by atoms with Crippen LogP contribution in [0.4, 0.5) is 0 Å². The number of rotatable bonds is 9. The summed E-state index contributed by atoms with van der Waals surface area (Å²) in [7, 11) is 0. The molecule has 0 spiro atoms. The summed E-state index contributed by atoms with van der Waals surface area (Å²) in [6, 6.07) is 15.5. The van der Waals surface area contributed by atoms with Gasteiger partial charge >= 0.3 is 0 Å². The summed E-state index contributed by atoms with van der Waals surface area (Å²) in [5, 5.41) is 3.69. The fourth-order valence-corrected chi connectivity index (χ4v) is 3.27. The molecule has 0 saturated carbocycles. The summed E-state index contributed by atoms with van der Waals surface area (Å²) in [5.41, 5.74) is 1.89. The Morgan fingerprint density at radius 3 is 2.67 bits per heavy atom. The number of benzene rings is 2. The minimum Gasteiger partial charge on any atom is -0.382 e. The molecule has 1 amide bonds. The van der Waals surface area contributed by atoms with Crippen molar-refractivity contribution in [3.63, 3.8) is 0 Å². The quantitative estimate of drug-likeness (QED) is 0.514. The molecule has 5 heteroatoms. The zero-order valence-electron chi connectivity index (χ0n) is 13.8. The molecule has 1 N–H and O–H groups in total. The lowest BCUT2D eigenvalue weighted by molar-refractivity contribution is 0.0941. The Morgan fingerprint density at radius 2 is 1.92 bits per heavy atom. The van der Waals surface area contributed by atoms with E-state index in [4.69, 9.17) is 16.3 Å². The molecule has 24 heavy (non-hydrogen) atoms. The second kappa shape index (κ2) is 10.4. The third-order valence-corrected chi connectivity index (χ3v) is 4.79. The van der Waals surface area contributed by atoms with E-state index in [9.17, 15) is 4.79 Å². The highest BCUT2D eigenvalue weighted by Gasteiger charge is 2.11. The average Bonchev–Trinajstić information content (AvgIpc) is 2.61. The molecule has 0 unspecified atom stereocenters. The van der Waals surface area contributed by atoms with Crippen molar-refractivity contribution < 1.29 is 9.53 Å². The van der Waals surface area contributed by atoms with Gasteiger partial charge in [-0.2, -0.15) is 0 Å². The predicted octanol–water partition coefficient (Wildman–Crippen LogP) is 4.79. The third kappa shape index (κ3) is 6.19. The Balaban J connectivity index is 1.91. The lowest BCUT2D eigenvalue weighted by Gasteiger charge is -2.10. The molecule has 0 aromatic heterocycles. The topological polar surface area (TPSA) is 38.3 Å². The lowest BCUT2D eigenvalue weighted by Crippen LogP contribution is -2.25. The number of hydrogen-bond donors (Lipinski definition) is 1. The summed E-state index contributed by atoms with van der Waals surface area (Å²) < 4.78 is 5.28. The number of ether oxygens (including phenoxy) is 1. The standard InChI is InChI=1S/C19H22ClNO2S/c1-2-23-13-5-12-21-19(22)17-6-3-4-7-18(17)24-14-15-8-10-16(20)11-9-15/h3-4,6-11H,2,5,12-14H2,1H3,(H,21,22). The fourth-order valence-electron chi connectivity index (χ4n) is 2.14. The molecule has 0 aliphatic carbocycles. The third-order valence-electron chi connectivity index (χ3n) is 3.39. The maximum Gasteiger partial charge on any atom is 0.252 e. The highest BCUT2D eigenvalue weighted by molar-refractivity contribution is 7.98. The maximum atomic E-state index is 12.4. The smallest absolute Gasteiger partial charge is 0.252 e. The molecular weight excluding hydrogens is 342 g/mol. The fraction of sp³-hybridized carbons (Fsp3) is 0.316. The van der Waals surface area contributed by atoms with Gasteiger partial charge in [0.2, 0.25) is 0 Å². The highest BCUT2D eigenvalue weighted by Crippen LogP contribution is 2.26. The number of amides is 1. The molecule has 2 rings (SSSR count). The molecule has 2 aromatic rings. The van der Waals surface area contributed by atoms with Gasteiger partial charge in [0.05, 0.1) is 5.56 Å². The maximum absolute atomic E-state index is 12.4. The highest BCUT2D eigenvalue weighted by atomic mass is 35.5. The molecule has 0 fully saturated rings. The Labute approximate surface area is 152 Å². The molecule has 0 bridgehead atoms. The minimum absolute atomic E-state index is 0.0364. The molecule has 0 aliphatic heterocycles. The molecule has 0 aliphatic rings. The van der Waals surface area contributed by atoms with E-state index in [1.54, 1.807) is 11.8 Å². The molecular formula is C19H22ClNO2S. The van der Waals surface area contributed by atoms with Gasteiger partial charge in [-0.3, -0.25) is 4.79 Å². The first-order valence-corrected chi connectivity index (χ1v) is 9.39. The monoisotopic (exact) mass is 363 g/mol. The van der Waals surface area contributed by atoms with E-state index in [1.807, 2.05) is 55.5 Å². The summed E-state index contributed by atoms with van der Waals surface area (Å²) in [5.74, 6) is 0.761. The Morgan fingerprint density at radius 1 is 1.17 bits per heavy atom. The molecule has 3 nitrogen and oxygen atoms in total. The van der Waals surface area contributed by atoms with Crippen molar-refractivity contribution in [2.24, 2.45) is 0 Å². The molecule has 2 aromatic carbocycles.